The quantitative estimate of drug-likeness (QED) is 0.721. The van der Waals surface area contributed by atoms with Crippen LogP contribution in [-0.4, -0.2) is 54.6 Å². The predicted molar refractivity (Wildman–Crippen MR) is 116 cm³/mol. The zero-order chi connectivity index (χ0) is 21.6. The first-order chi connectivity index (χ1) is 15.0. The fourth-order valence-corrected chi connectivity index (χ4v) is 4.79. The van der Waals surface area contributed by atoms with Gasteiger partial charge in [0.15, 0.2) is 0 Å². The topological polar surface area (TPSA) is 55.9 Å². The van der Waals surface area contributed by atoms with Crippen LogP contribution >= 0.6 is 11.6 Å². The minimum atomic E-state index is -0.988. The Morgan fingerprint density at radius 2 is 1.61 bits per heavy atom. The SMILES string of the molecule is O=C1NC(c2ccc(Cl)cc2)(C2CC2)C(=O)N1CN1CCN(c2ccc(F)cc2)CC1. The number of nitrogens with zero attached hydrogens (tertiary/aromatic N) is 3. The molecule has 1 aliphatic carbocycles. The lowest BCUT2D eigenvalue weighted by molar-refractivity contribution is -0.134. The molecule has 3 aliphatic rings. The van der Waals surface area contributed by atoms with E-state index in [1.165, 1.54) is 17.0 Å². The summed E-state index contributed by atoms with van der Waals surface area (Å²) >= 11 is 6.03. The fourth-order valence-electron chi connectivity index (χ4n) is 4.66. The van der Waals surface area contributed by atoms with Gasteiger partial charge in [-0.1, -0.05) is 23.7 Å². The third kappa shape index (κ3) is 3.66. The van der Waals surface area contributed by atoms with Gasteiger partial charge in [0.25, 0.3) is 5.91 Å². The molecule has 2 aromatic carbocycles. The van der Waals surface area contributed by atoms with Gasteiger partial charge in [-0.25, -0.2) is 14.1 Å². The zero-order valence-corrected chi connectivity index (χ0v) is 17.8. The molecule has 2 saturated heterocycles. The number of nitrogens with one attached hydrogen (secondary N) is 1. The van der Waals surface area contributed by atoms with Gasteiger partial charge in [-0.05, 0) is 60.7 Å². The van der Waals surface area contributed by atoms with Crippen LogP contribution in [0.2, 0.25) is 5.02 Å². The molecule has 2 aromatic rings. The van der Waals surface area contributed by atoms with Gasteiger partial charge in [0, 0.05) is 36.9 Å². The van der Waals surface area contributed by atoms with Crippen LogP contribution in [0.1, 0.15) is 18.4 Å². The number of amides is 3. The number of carbonyl (C=O) groups is 2. The molecule has 6 nitrogen and oxygen atoms in total. The zero-order valence-electron chi connectivity index (χ0n) is 17.1. The molecular weight excluding hydrogens is 419 g/mol. The first-order valence-corrected chi connectivity index (χ1v) is 11.0. The fraction of sp³-hybridized carbons (Fsp3) is 0.391. The van der Waals surface area contributed by atoms with Crippen molar-refractivity contribution >= 4 is 29.2 Å². The molecule has 1 N–H and O–H groups in total. The third-order valence-electron chi connectivity index (χ3n) is 6.53. The monoisotopic (exact) mass is 442 g/mol. The summed E-state index contributed by atoms with van der Waals surface area (Å²) in [6, 6.07) is 13.3. The highest BCUT2D eigenvalue weighted by molar-refractivity contribution is 6.30. The molecule has 0 bridgehead atoms. The second-order valence-corrected chi connectivity index (χ2v) is 8.91. The van der Waals surface area contributed by atoms with Crippen molar-refractivity contribution in [2.24, 2.45) is 5.92 Å². The van der Waals surface area contributed by atoms with Crippen molar-refractivity contribution in [3.63, 3.8) is 0 Å². The molecule has 0 spiro atoms. The first kappa shape index (κ1) is 20.3. The van der Waals surface area contributed by atoms with Crippen LogP contribution in [0.4, 0.5) is 14.9 Å². The Kier molecular flexibility index (Phi) is 5.10. The number of rotatable bonds is 5. The van der Waals surface area contributed by atoms with Crippen LogP contribution in [0.25, 0.3) is 0 Å². The van der Waals surface area contributed by atoms with E-state index in [4.69, 9.17) is 11.6 Å². The van der Waals surface area contributed by atoms with Gasteiger partial charge in [-0.15, -0.1) is 0 Å². The Bertz CT molecular complexity index is 988. The number of hydrogen-bond acceptors (Lipinski definition) is 4. The summed E-state index contributed by atoms with van der Waals surface area (Å²) in [6.07, 6.45) is 1.83. The molecular formula is C23H24ClFN4O2. The molecule has 3 amide bonds. The van der Waals surface area contributed by atoms with Crippen LogP contribution in [0.15, 0.2) is 48.5 Å². The number of anilines is 1. The first-order valence-electron chi connectivity index (χ1n) is 10.6. The molecule has 8 heteroatoms. The number of halogens is 2. The lowest BCUT2D eigenvalue weighted by atomic mass is 9.85. The van der Waals surface area contributed by atoms with E-state index in [1.54, 1.807) is 24.3 Å². The van der Waals surface area contributed by atoms with Crippen molar-refractivity contribution < 1.29 is 14.0 Å². The number of imide groups is 1. The van der Waals surface area contributed by atoms with Gasteiger partial charge in [-0.2, -0.15) is 0 Å². The van der Waals surface area contributed by atoms with Crippen LogP contribution in [0.5, 0.6) is 0 Å². The minimum absolute atomic E-state index is 0.116. The van der Waals surface area contributed by atoms with E-state index in [2.05, 4.69) is 15.1 Å². The Morgan fingerprint density at radius 3 is 2.23 bits per heavy atom. The largest absolute Gasteiger partial charge is 0.369 e. The Labute approximate surface area is 185 Å². The maximum atomic E-state index is 13.5. The summed E-state index contributed by atoms with van der Waals surface area (Å²) in [5.74, 6) is -0.311. The molecule has 31 heavy (non-hydrogen) atoms. The Balaban J connectivity index is 1.28. The summed E-state index contributed by atoms with van der Waals surface area (Å²) in [7, 11) is 0. The number of hydrogen-bond donors (Lipinski definition) is 1. The number of urea groups is 1. The van der Waals surface area contributed by atoms with Crippen LogP contribution in [0, 0.1) is 11.7 Å². The minimum Gasteiger partial charge on any atom is -0.369 e. The summed E-state index contributed by atoms with van der Waals surface area (Å²) in [5, 5.41) is 3.62. The maximum Gasteiger partial charge on any atom is 0.326 e. The van der Waals surface area contributed by atoms with Crippen molar-refractivity contribution in [3.05, 3.63) is 64.9 Å². The lowest BCUT2D eigenvalue weighted by Gasteiger charge is -2.37. The van der Waals surface area contributed by atoms with Gasteiger partial charge >= 0.3 is 6.03 Å². The summed E-state index contributed by atoms with van der Waals surface area (Å²) in [6.45, 7) is 3.20. The van der Waals surface area contributed by atoms with Gasteiger partial charge in [-0.3, -0.25) is 9.69 Å². The third-order valence-corrected chi connectivity index (χ3v) is 6.78. The average Bonchev–Trinajstić information content (AvgIpc) is 3.59. The smallest absolute Gasteiger partial charge is 0.326 e. The average molecular weight is 443 g/mol. The van der Waals surface area contributed by atoms with E-state index < -0.39 is 5.54 Å². The number of carbonyl (C=O) groups excluding carboxylic acids is 2. The molecule has 0 radical (unpaired) electrons. The number of piperazine rings is 1. The maximum absolute atomic E-state index is 13.5. The summed E-state index contributed by atoms with van der Waals surface area (Å²) in [5.41, 5.74) is 0.783. The van der Waals surface area contributed by atoms with E-state index >= 15 is 0 Å². The molecule has 2 heterocycles. The second-order valence-electron chi connectivity index (χ2n) is 8.48. The highest BCUT2D eigenvalue weighted by Crippen LogP contribution is 2.49. The van der Waals surface area contributed by atoms with Gasteiger partial charge in [0.2, 0.25) is 0 Å². The molecule has 1 saturated carbocycles. The van der Waals surface area contributed by atoms with Gasteiger partial charge in [0.1, 0.15) is 11.4 Å². The highest BCUT2D eigenvalue weighted by atomic mass is 35.5. The van der Waals surface area contributed by atoms with Gasteiger partial charge in [0.05, 0.1) is 6.67 Å². The van der Waals surface area contributed by atoms with Crippen LogP contribution < -0.4 is 10.2 Å². The van der Waals surface area contributed by atoms with E-state index in [-0.39, 0.29) is 30.3 Å². The van der Waals surface area contributed by atoms with Crippen LogP contribution in [0.3, 0.4) is 0 Å². The molecule has 162 valence electrons. The molecule has 5 rings (SSSR count). The normalized spacial score (nSPS) is 24.6. The molecule has 1 unspecified atom stereocenters. The van der Waals surface area contributed by atoms with Crippen molar-refractivity contribution in [2.45, 2.75) is 18.4 Å². The molecule has 1 atom stereocenters. The number of benzene rings is 2. The van der Waals surface area contributed by atoms with Crippen molar-refractivity contribution in [1.29, 1.82) is 0 Å². The van der Waals surface area contributed by atoms with Gasteiger partial charge < -0.3 is 10.2 Å². The van der Waals surface area contributed by atoms with Crippen molar-refractivity contribution in [1.82, 2.24) is 15.1 Å². The van der Waals surface area contributed by atoms with E-state index in [9.17, 15) is 14.0 Å². The van der Waals surface area contributed by atoms with E-state index in [0.717, 1.165) is 37.2 Å². The highest BCUT2D eigenvalue weighted by Gasteiger charge is 2.60. The molecule has 3 fully saturated rings. The van der Waals surface area contributed by atoms with E-state index in [1.807, 2.05) is 12.1 Å². The standard InChI is InChI=1S/C23H24ClFN4O2/c24-18-5-3-17(4-6-18)23(16-1-2-16)21(30)29(22(31)26-23)15-27-11-13-28(14-12-27)20-9-7-19(25)8-10-20/h3-10,16H,1-2,11-15H2,(H,26,31). The Morgan fingerprint density at radius 1 is 0.968 bits per heavy atom. The molecule has 0 aromatic heterocycles. The summed E-state index contributed by atoms with van der Waals surface area (Å²) in [4.78, 5) is 32.0. The molecule has 2 aliphatic heterocycles. The Hall–Kier alpha value is -2.64. The summed E-state index contributed by atoms with van der Waals surface area (Å²) < 4.78 is 13.2. The predicted octanol–water partition coefficient (Wildman–Crippen LogP) is 3.42. The van der Waals surface area contributed by atoms with E-state index in [0.29, 0.717) is 18.1 Å². The second kappa shape index (κ2) is 7.80. The van der Waals surface area contributed by atoms with Crippen molar-refractivity contribution in [2.75, 3.05) is 37.7 Å². The van der Waals surface area contributed by atoms with Crippen molar-refractivity contribution in [3.8, 4) is 0 Å². The lowest BCUT2D eigenvalue weighted by Crippen LogP contribution is -2.52. The van der Waals surface area contributed by atoms with Crippen LogP contribution in [-0.2, 0) is 10.3 Å².